The van der Waals surface area contributed by atoms with Gasteiger partial charge in [0.15, 0.2) is 0 Å². The summed E-state index contributed by atoms with van der Waals surface area (Å²) in [6.07, 6.45) is -2.86. The molecule has 28 heavy (non-hydrogen) atoms. The second-order valence-corrected chi connectivity index (χ2v) is 6.31. The zero-order valence-corrected chi connectivity index (χ0v) is 15.0. The fourth-order valence-corrected chi connectivity index (χ4v) is 2.76. The molecule has 0 unspecified atom stereocenters. The van der Waals surface area contributed by atoms with Crippen molar-refractivity contribution in [3.63, 3.8) is 0 Å². The van der Waals surface area contributed by atoms with Crippen molar-refractivity contribution in [3.05, 3.63) is 89.9 Å². The van der Waals surface area contributed by atoms with E-state index in [-0.39, 0.29) is 11.9 Å². The molecule has 2 atom stereocenters. The van der Waals surface area contributed by atoms with E-state index in [4.69, 9.17) is 4.42 Å². The number of hydrogen-bond acceptors (Lipinski definition) is 3. The third-order valence-corrected chi connectivity index (χ3v) is 4.25. The fourth-order valence-electron chi connectivity index (χ4n) is 2.76. The molecule has 1 aromatic heterocycles. The minimum Gasteiger partial charge on any atom is -0.467 e. The number of alkyl halides is 3. The Morgan fingerprint density at radius 1 is 0.964 bits per heavy atom. The molecule has 2 N–H and O–H groups in total. The molecule has 0 saturated heterocycles. The summed E-state index contributed by atoms with van der Waals surface area (Å²) in [7, 11) is 0. The number of rotatable bonds is 6. The normalized spacial score (nSPS) is 13.7. The number of benzene rings is 2. The molecular weight excluding hydrogens is 369 g/mol. The summed E-state index contributed by atoms with van der Waals surface area (Å²) in [5.74, 6) is 0.285. The van der Waals surface area contributed by atoms with Gasteiger partial charge in [0.2, 0.25) is 5.91 Å². The lowest BCUT2D eigenvalue weighted by Gasteiger charge is -2.22. The van der Waals surface area contributed by atoms with Crippen LogP contribution >= 0.6 is 0 Å². The molecule has 0 bridgehead atoms. The van der Waals surface area contributed by atoms with Crippen LogP contribution in [0.4, 0.5) is 18.9 Å². The number of hydrogen-bond donors (Lipinski definition) is 2. The van der Waals surface area contributed by atoms with Gasteiger partial charge in [-0.3, -0.25) is 10.1 Å². The Kier molecular flexibility index (Phi) is 5.84. The Hall–Kier alpha value is -3.06. The molecule has 146 valence electrons. The van der Waals surface area contributed by atoms with Gasteiger partial charge < -0.3 is 9.73 Å². The SMILES string of the molecule is C[C@H](N[C@@H](c1ccccc1)c1ccco1)C(=O)Nc1ccc(C(F)(F)F)cc1. The van der Waals surface area contributed by atoms with Gasteiger partial charge in [-0.15, -0.1) is 0 Å². The number of furan rings is 1. The second kappa shape index (κ2) is 8.31. The molecule has 1 heterocycles. The zero-order valence-electron chi connectivity index (χ0n) is 15.0. The van der Waals surface area contributed by atoms with Gasteiger partial charge in [-0.1, -0.05) is 30.3 Å². The summed E-state index contributed by atoms with van der Waals surface area (Å²) < 4.78 is 43.4. The fraction of sp³-hybridized carbons (Fsp3) is 0.190. The highest BCUT2D eigenvalue weighted by atomic mass is 19.4. The van der Waals surface area contributed by atoms with Crippen molar-refractivity contribution in [2.75, 3.05) is 5.32 Å². The zero-order chi connectivity index (χ0) is 20.1. The molecular formula is C21H19F3N2O2. The van der Waals surface area contributed by atoms with Crippen LogP contribution in [0.25, 0.3) is 0 Å². The molecule has 0 spiro atoms. The smallest absolute Gasteiger partial charge is 0.416 e. The molecule has 2 aromatic carbocycles. The lowest BCUT2D eigenvalue weighted by molar-refractivity contribution is -0.137. The minimum absolute atomic E-state index is 0.293. The first-order chi connectivity index (χ1) is 13.3. The van der Waals surface area contributed by atoms with Crippen molar-refractivity contribution in [1.82, 2.24) is 5.32 Å². The maximum Gasteiger partial charge on any atom is 0.416 e. The summed E-state index contributed by atoms with van der Waals surface area (Å²) in [6, 6.07) is 16.4. The monoisotopic (exact) mass is 388 g/mol. The van der Waals surface area contributed by atoms with Crippen LogP contribution in [0.1, 0.15) is 29.9 Å². The number of nitrogens with one attached hydrogen (secondary N) is 2. The second-order valence-electron chi connectivity index (χ2n) is 6.31. The van der Waals surface area contributed by atoms with Crippen LogP contribution in [0.2, 0.25) is 0 Å². The van der Waals surface area contributed by atoms with E-state index < -0.39 is 17.8 Å². The highest BCUT2D eigenvalue weighted by Gasteiger charge is 2.30. The standard InChI is InChI=1S/C21H19F3N2O2/c1-14(20(27)26-17-11-9-16(10-12-17)21(22,23)24)25-19(18-8-5-13-28-18)15-6-3-2-4-7-15/h2-14,19,25H,1H3,(H,26,27)/t14-,19-/m0/s1. The van der Waals surface area contributed by atoms with Crippen LogP contribution in [0.15, 0.2) is 77.4 Å². The van der Waals surface area contributed by atoms with Crippen molar-refractivity contribution in [1.29, 1.82) is 0 Å². The van der Waals surface area contributed by atoms with Crippen LogP contribution < -0.4 is 10.6 Å². The summed E-state index contributed by atoms with van der Waals surface area (Å²) in [6.45, 7) is 1.68. The van der Waals surface area contributed by atoms with Crippen LogP contribution in [0, 0.1) is 0 Å². The molecule has 1 amide bonds. The average molecular weight is 388 g/mol. The Morgan fingerprint density at radius 3 is 2.21 bits per heavy atom. The van der Waals surface area contributed by atoms with E-state index in [2.05, 4.69) is 10.6 Å². The van der Waals surface area contributed by atoms with E-state index in [0.717, 1.165) is 17.7 Å². The summed E-state index contributed by atoms with van der Waals surface area (Å²) in [5, 5.41) is 5.83. The molecule has 0 saturated carbocycles. The predicted molar refractivity (Wildman–Crippen MR) is 99.7 cm³/mol. The summed E-state index contributed by atoms with van der Waals surface area (Å²) in [5.41, 5.74) is 0.450. The maximum atomic E-state index is 12.6. The number of amides is 1. The van der Waals surface area contributed by atoms with Gasteiger partial charge in [0.25, 0.3) is 0 Å². The first-order valence-electron chi connectivity index (χ1n) is 8.67. The summed E-state index contributed by atoms with van der Waals surface area (Å²) >= 11 is 0. The first-order valence-corrected chi connectivity index (χ1v) is 8.67. The van der Waals surface area contributed by atoms with Crippen molar-refractivity contribution in [3.8, 4) is 0 Å². The molecule has 3 rings (SSSR count). The topological polar surface area (TPSA) is 54.3 Å². The highest BCUT2D eigenvalue weighted by Crippen LogP contribution is 2.30. The Balaban J connectivity index is 1.70. The third-order valence-electron chi connectivity index (χ3n) is 4.25. The predicted octanol–water partition coefficient (Wildman–Crippen LogP) is 5.00. The lowest BCUT2D eigenvalue weighted by Crippen LogP contribution is -2.40. The number of carbonyl (C=O) groups excluding carboxylic acids is 1. The Bertz CT molecular complexity index is 892. The van der Waals surface area contributed by atoms with Crippen LogP contribution in [-0.2, 0) is 11.0 Å². The lowest BCUT2D eigenvalue weighted by atomic mass is 10.0. The Morgan fingerprint density at radius 2 is 1.64 bits per heavy atom. The third kappa shape index (κ3) is 4.80. The molecule has 0 radical (unpaired) electrons. The van der Waals surface area contributed by atoms with Crippen molar-refractivity contribution < 1.29 is 22.4 Å². The molecule has 0 aliphatic carbocycles. The van der Waals surface area contributed by atoms with Gasteiger partial charge in [-0.2, -0.15) is 13.2 Å². The molecule has 7 heteroatoms. The largest absolute Gasteiger partial charge is 0.467 e. The molecule has 3 aromatic rings. The van der Waals surface area contributed by atoms with E-state index in [1.54, 1.807) is 19.3 Å². The van der Waals surface area contributed by atoms with E-state index in [9.17, 15) is 18.0 Å². The van der Waals surface area contributed by atoms with E-state index in [0.29, 0.717) is 11.4 Å². The molecule has 0 aliphatic heterocycles. The van der Waals surface area contributed by atoms with Crippen LogP contribution in [0.5, 0.6) is 0 Å². The Labute approximate surface area is 160 Å². The molecule has 0 fully saturated rings. The van der Waals surface area contributed by atoms with Crippen molar-refractivity contribution in [2.24, 2.45) is 0 Å². The summed E-state index contributed by atoms with van der Waals surface area (Å²) in [4.78, 5) is 12.5. The quantitative estimate of drug-likeness (QED) is 0.625. The highest BCUT2D eigenvalue weighted by molar-refractivity contribution is 5.94. The van der Waals surface area contributed by atoms with Gasteiger partial charge in [0.05, 0.1) is 23.9 Å². The number of carbonyl (C=O) groups is 1. The van der Waals surface area contributed by atoms with E-state index >= 15 is 0 Å². The minimum atomic E-state index is -4.41. The van der Waals surface area contributed by atoms with E-state index in [1.807, 2.05) is 36.4 Å². The van der Waals surface area contributed by atoms with E-state index in [1.165, 1.54) is 12.1 Å². The van der Waals surface area contributed by atoms with Crippen molar-refractivity contribution >= 4 is 11.6 Å². The molecule has 0 aliphatic rings. The maximum absolute atomic E-state index is 12.6. The van der Waals surface area contributed by atoms with Gasteiger partial charge in [0, 0.05) is 5.69 Å². The van der Waals surface area contributed by atoms with Crippen LogP contribution in [-0.4, -0.2) is 11.9 Å². The molecule has 4 nitrogen and oxygen atoms in total. The van der Waals surface area contributed by atoms with Gasteiger partial charge >= 0.3 is 6.18 Å². The van der Waals surface area contributed by atoms with Crippen LogP contribution in [0.3, 0.4) is 0 Å². The number of anilines is 1. The van der Waals surface area contributed by atoms with Gasteiger partial charge in [-0.25, -0.2) is 0 Å². The van der Waals surface area contributed by atoms with Crippen molar-refractivity contribution in [2.45, 2.75) is 25.2 Å². The van der Waals surface area contributed by atoms with Gasteiger partial charge in [-0.05, 0) is 48.9 Å². The first kappa shape index (κ1) is 19.7. The van der Waals surface area contributed by atoms with Gasteiger partial charge in [0.1, 0.15) is 5.76 Å². The average Bonchev–Trinajstić information content (AvgIpc) is 3.20. The number of halogens is 3.